The van der Waals surface area contributed by atoms with Crippen LogP contribution in [0.1, 0.15) is 16.0 Å². The Balaban J connectivity index is 2.20. The first-order valence-corrected chi connectivity index (χ1v) is 8.43. The lowest BCUT2D eigenvalue weighted by Gasteiger charge is -2.16. The Hall–Kier alpha value is -0.900. The normalized spacial score (nSPS) is 12.6. The van der Waals surface area contributed by atoms with E-state index in [1.807, 2.05) is 36.4 Å². The summed E-state index contributed by atoms with van der Waals surface area (Å²) in [6, 6.07) is 16.5. The van der Waals surface area contributed by atoms with Crippen LogP contribution in [0.2, 0.25) is 5.02 Å². The van der Waals surface area contributed by atoms with Crippen molar-refractivity contribution < 1.29 is 4.39 Å². The van der Waals surface area contributed by atoms with Crippen LogP contribution in [0, 0.1) is 5.82 Å². The molecule has 0 aliphatic rings. The summed E-state index contributed by atoms with van der Waals surface area (Å²) in [7, 11) is 0. The molecule has 0 amide bonds. The second-order valence-electron chi connectivity index (χ2n) is 4.71. The number of hydrogen-bond donors (Lipinski definition) is 0. The van der Waals surface area contributed by atoms with Gasteiger partial charge in [-0.05, 0) is 40.8 Å². The van der Waals surface area contributed by atoms with Crippen molar-refractivity contribution in [1.29, 1.82) is 0 Å². The fraction of sp³-hybridized carbons (Fsp3) is 0.0588. The molecule has 1 atom stereocenters. The molecule has 21 heavy (non-hydrogen) atoms. The van der Waals surface area contributed by atoms with E-state index in [0.717, 1.165) is 26.4 Å². The van der Waals surface area contributed by atoms with Crippen molar-refractivity contribution in [3.05, 3.63) is 81.0 Å². The number of fused-ring (bicyclic) bond motifs is 1. The summed E-state index contributed by atoms with van der Waals surface area (Å²) in [5.74, 6) is -0.254. The largest absolute Gasteiger partial charge is 0.207 e. The van der Waals surface area contributed by atoms with Crippen LogP contribution in [0.15, 0.2) is 59.1 Å². The summed E-state index contributed by atoms with van der Waals surface area (Å²) in [5, 5.41) is 2.77. The van der Waals surface area contributed by atoms with Gasteiger partial charge in [-0.3, -0.25) is 0 Å². The summed E-state index contributed by atoms with van der Waals surface area (Å²) >= 11 is 13.4. The highest BCUT2D eigenvalue weighted by Crippen LogP contribution is 2.40. The van der Waals surface area contributed by atoms with Crippen LogP contribution < -0.4 is 0 Å². The van der Waals surface area contributed by atoms with E-state index in [4.69, 9.17) is 11.6 Å². The third-order valence-corrected chi connectivity index (χ3v) is 5.45. The van der Waals surface area contributed by atoms with E-state index < -0.39 is 0 Å². The SMILES string of the molecule is Fc1ccc(Br)c(C(Br)c2ccc(Cl)c3ccccc23)c1. The summed E-state index contributed by atoms with van der Waals surface area (Å²) in [5.41, 5.74) is 1.91. The molecule has 0 heterocycles. The number of halogens is 4. The molecule has 0 aliphatic heterocycles. The summed E-state index contributed by atoms with van der Waals surface area (Å²) in [6.07, 6.45) is 0. The molecule has 0 aromatic heterocycles. The first-order valence-electron chi connectivity index (χ1n) is 6.34. The molecule has 3 aromatic rings. The molecule has 0 radical (unpaired) electrons. The zero-order valence-electron chi connectivity index (χ0n) is 10.8. The Bertz CT molecular complexity index is 817. The Labute approximate surface area is 144 Å². The molecule has 106 valence electrons. The van der Waals surface area contributed by atoms with Crippen molar-refractivity contribution in [3.8, 4) is 0 Å². The van der Waals surface area contributed by atoms with Gasteiger partial charge in [0, 0.05) is 14.9 Å². The van der Waals surface area contributed by atoms with Gasteiger partial charge in [0.1, 0.15) is 5.82 Å². The van der Waals surface area contributed by atoms with Gasteiger partial charge >= 0.3 is 0 Å². The summed E-state index contributed by atoms with van der Waals surface area (Å²) in [6.45, 7) is 0. The van der Waals surface area contributed by atoms with E-state index in [0.29, 0.717) is 5.02 Å². The molecule has 0 saturated carbocycles. The van der Waals surface area contributed by atoms with Crippen LogP contribution in [0.3, 0.4) is 0 Å². The summed E-state index contributed by atoms with van der Waals surface area (Å²) in [4.78, 5) is -0.121. The molecule has 0 aliphatic carbocycles. The van der Waals surface area contributed by atoms with Crippen LogP contribution >= 0.6 is 43.5 Å². The molecule has 1 unspecified atom stereocenters. The van der Waals surface area contributed by atoms with Gasteiger partial charge in [0.2, 0.25) is 0 Å². The van der Waals surface area contributed by atoms with Gasteiger partial charge < -0.3 is 0 Å². The zero-order chi connectivity index (χ0) is 15.0. The maximum Gasteiger partial charge on any atom is 0.123 e. The smallest absolute Gasteiger partial charge is 0.123 e. The molecular formula is C17H10Br2ClF. The van der Waals surface area contributed by atoms with E-state index in [1.54, 1.807) is 6.07 Å². The zero-order valence-corrected chi connectivity index (χ0v) is 14.7. The molecule has 3 rings (SSSR count). The van der Waals surface area contributed by atoms with E-state index >= 15 is 0 Å². The average Bonchev–Trinajstić information content (AvgIpc) is 2.50. The van der Waals surface area contributed by atoms with Gasteiger partial charge in [-0.2, -0.15) is 0 Å². The minimum absolute atomic E-state index is 0.121. The van der Waals surface area contributed by atoms with Crippen LogP contribution in [0.5, 0.6) is 0 Å². The fourth-order valence-corrected chi connectivity index (χ4v) is 4.17. The second-order valence-corrected chi connectivity index (χ2v) is 6.89. The first kappa shape index (κ1) is 15.0. The summed E-state index contributed by atoms with van der Waals surface area (Å²) < 4.78 is 14.4. The van der Waals surface area contributed by atoms with Crippen molar-refractivity contribution in [3.63, 3.8) is 0 Å². The standard InChI is InChI=1S/C17H10Br2ClF/c18-15-7-5-10(21)9-14(15)17(19)13-6-8-16(20)12-4-2-1-3-11(12)13/h1-9,17H. The van der Waals surface area contributed by atoms with Gasteiger partial charge in [0.15, 0.2) is 0 Å². The fourth-order valence-electron chi connectivity index (χ4n) is 2.38. The predicted molar refractivity (Wildman–Crippen MR) is 93.8 cm³/mol. The lowest BCUT2D eigenvalue weighted by molar-refractivity contribution is 0.625. The van der Waals surface area contributed by atoms with Crippen LogP contribution in [0.25, 0.3) is 10.8 Å². The Morgan fingerprint density at radius 2 is 1.62 bits per heavy atom. The van der Waals surface area contributed by atoms with Crippen LogP contribution in [-0.4, -0.2) is 0 Å². The van der Waals surface area contributed by atoms with Crippen molar-refractivity contribution in [2.45, 2.75) is 4.83 Å². The van der Waals surface area contributed by atoms with Crippen LogP contribution in [0.4, 0.5) is 4.39 Å². The second kappa shape index (κ2) is 6.07. The first-order chi connectivity index (χ1) is 10.1. The maximum absolute atomic E-state index is 13.5. The molecule has 0 N–H and O–H groups in total. The molecule has 0 spiro atoms. The lowest BCUT2D eigenvalue weighted by atomic mass is 9.98. The monoisotopic (exact) mass is 426 g/mol. The van der Waals surface area contributed by atoms with E-state index in [-0.39, 0.29) is 10.6 Å². The molecule has 0 saturated heterocycles. The molecular weight excluding hydrogens is 418 g/mol. The van der Waals surface area contributed by atoms with Crippen molar-refractivity contribution in [1.82, 2.24) is 0 Å². The van der Waals surface area contributed by atoms with Gasteiger partial charge in [-0.1, -0.05) is 73.8 Å². The number of alkyl halides is 1. The molecule has 3 aromatic carbocycles. The highest BCUT2D eigenvalue weighted by molar-refractivity contribution is 9.11. The van der Waals surface area contributed by atoms with Crippen LogP contribution in [-0.2, 0) is 0 Å². The predicted octanol–water partition coefficient (Wildman–Crippen LogP) is 6.88. The van der Waals surface area contributed by atoms with E-state index in [9.17, 15) is 4.39 Å². The van der Waals surface area contributed by atoms with Gasteiger partial charge in [-0.15, -0.1) is 0 Å². The molecule has 0 nitrogen and oxygen atoms in total. The van der Waals surface area contributed by atoms with E-state index in [2.05, 4.69) is 31.9 Å². The Kier molecular flexibility index (Phi) is 4.34. The average molecular weight is 429 g/mol. The maximum atomic E-state index is 13.5. The Morgan fingerprint density at radius 1 is 0.905 bits per heavy atom. The number of benzene rings is 3. The van der Waals surface area contributed by atoms with Gasteiger partial charge in [0.25, 0.3) is 0 Å². The number of rotatable bonds is 2. The highest BCUT2D eigenvalue weighted by atomic mass is 79.9. The molecule has 0 fully saturated rings. The van der Waals surface area contributed by atoms with Gasteiger partial charge in [-0.25, -0.2) is 4.39 Å². The molecule has 4 heteroatoms. The minimum Gasteiger partial charge on any atom is -0.207 e. The third kappa shape index (κ3) is 2.87. The topological polar surface area (TPSA) is 0 Å². The highest BCUT2D eigenvalue weighted by Gasteiger charge is 2.17. The van der Waals surface area contributed by atoms with Crippen molar-refractivity contribution in [2.24, 2.45) is 0 Å². The van der Waals surface area contributed by atoms with Gasteiger partial charge in [0.05, 0.1) is 4.83 Å². The number of hydrogen-bond acceptors (Lipinski definition) is 0. The minimum atomic E-state index is -0.254. The quantitative estimate of drug-likeness (QED) is 0.390. The molecule has 0 bridgehead atoms. The van der Waals surface area contributed by atoms with Crippen molar-refractivity contribution >= 4 is 54.2 Å². The Morgan fingerprint density at radius 3 is 2.38 bits per heavy atom. The van der Waals surface area contributed by atoms with E-state index in [1.165, 1.54) is 12.1 Å². The van der Waals surface area contributed by atoms with Crippen molar-refractivity contribution in [2.75, 3.05) is 0 Å². The third-order valence-electron chi connectivity index (χ3n) is 3.41. The lowest BCUT2D eigenvalue weighted by Crippen LogP contribution is -1.96.